The third-order valence-corrected chi connectivity index (χ3v) is 2.15. The van der Waals surface area contributed by atoms with Crippen LogP contribution in [-0.2, 0) is 9.59 Å². The zero-order valence-electron chi connectivity index (χ0n) is 7.92. The summed E-state index contributed by atoms with van der Waals surface area (Å²) < 4.78 is 12.7. The van der Waals surface area contributed by atoms with E-state index >= 15 is 0 Å². The van der Waals surface area contributed by atoms with Crippen LogP contribution in [-0.4, -0.2) is 35.9 Å². The van der Waals surface area contributed by atoms with Gasteiger partial charge in [0, 0.05) is 12.5 Å². The number of hydrogen-bond donors (Lipinski definition) is 0. The Balaban J connectivity index is 2.53. The molecule has 0 spiro atoms. The smallest absolute Gasteiger partial charge is 0.290 e. The standard InChI is InChI=1S/C9H14FNO2/c1-6(2)8(12)9(13)11-4-3-7(10)5-11/h6-7H,3-5H2,1-2H3/t7-/m0/s1. The van der Waals surface area contributed by atoms with Crippen molar-refractivity contribution in [3.05, 3.63) is 0 Å². The molecule has 3 nitrogen and oxygen atoms in total. The summed E-state index contributed by atoms with van der Waals surface area (Å²) in [4.78, 5) is 23.9. The minimum absolute atomic E-state index is 0.0806. The highest BCUT2D eigenvalue weighted by molar-refractivity contribution is 6.36. The van der Waals surface area contributed by atoms with Gasteiger partial charge in [-0.2, -0.15) is 0 Å². The molecule has 1 heterocycles. The number of ketones is 1. The monoisotopic (exact) mass is 187 g/mol. The first-order valence-electron chi connectivity index (χ1n) is 4.49. The summed E-state index contributed by atoms with van der Waals surface area (Å²) in [6.07, 6.45) is -0.596. The molecule has 1 saturated heterocycles. The topological polar surface area (TPSA) is 37.4 Å². The van der Waals surface area contributed by atoms with Crippen molar-refractivity contribution in [3.63, 3.8) is 0 Å². The third kappa shape index (κ3) is 2.26. The Hall–Kier alpha value is -0.930. The van der Waals surface area contributed by atoms with Crippen LogP contribution in [0.1, 0.15) is 20.3 Å². The number of carbonyl (C=O) groups is 2. The van der Waals surface area contributed by atoms with Gasteiger partial charge in [0.15, 0.2) is 0 Å². The Labute approximate surface area is 76.9 Å². The molecular formula is C9H14FNO2. The van der Waals surface area contributed by atoms with Gasteiger partial charge in [-0.15, -0.1) is 0 Å². The van der Waals surface area contributed by atoms with E-state index in [-0.39, 0.29) is 12.5 Å². The molecule has 0 aromatic rings. The summed E-state index contributed by atoms with van der Waals surface area (Å²) >= 11 is 0. The second-order valence-corrected chi connectivity index (χ2v) is 3.66. The van der Waals surface area contributed by atoms with Crippen molar-refractivity contribution in [2.75, 3.05) is 13.1 Å². The fourth-order valence-electron chi connectivity index (χ4n) is 1.30. The van der Waals surface area contributed by atoms with Crippen LogP contribution in [0.5, 0.6) is 0 Å². The Morgan fingerprint density at radius 1 is 1.46 bits per heavy atom. The van der Waals surface area contributed by atoms with E-state index < -0.39 is 17.9 Å². The Bertz CT molecular complexity index is 228. The van der Waals surface area contributed by atoms with E-state index in [0.717, 1.165) is 0 Å². The van der Waals surface area contributed by atoms with Crippen LogP contribution in [0.2, 0.25) is 0 Å². The van der Waals surface area contributed by atoms with Gasteiger partial charge in [-0.3, -0.25) is 9.59 Å². The zero-order valence-corrected chi connectivity index (χ0v) is 7.92. The highest BCUT2D eigenvalue weighted by atomic mass is 19.1. The molecule has 0 aromatic carbocycles. The molecule has 13 heavy (non-hydrogen) atoms. The van der Waals surface area contributed by atoms with Gasteiger partial charge in [-0.25, -0.2) is 4.39 Å². The van der Waals surface area contributed by atoms with Crippen LogP contribution >= 0.6 is 0 Å². The lowest BCUT2D eigenvalue weighted by Crippen LogP contribution is -2.37. The maximum Gasteiger partial charge on any atom is 0.290 e. The van der Waals surface area contributed by atoms with Crippen molar-refractivity contribution in [3.8, 4) is 0 Å². The third-order valence-electron chi connectivity index (χ3n) is 2.15. The van der Waals surface area contributed by atoms with Crippen LogP contribution in [0.4, 0.5) is 4.39 Å². The van der Waals surface area contributed by atoms with Crippen molar-refractivity contribution in [2.24, 2.45) is 5.92 Å². The summed E-state index contributed by atoms with van der Waals surface area (Å²) in [7, 11) is 0. The van der Waals surface area contributed by atoms with Gasteiger partial charge in [0.2, 0.25) is 5.78 Å². The van der Waals surface area contributed by atoms with E-state index in [4.69, 9.17) is 0 Å². The van der Waals surface area contributed by atoms with Gasteiger partial charge in [-0.1, -0.05) is 13.8 Å². The fourth-order valence-corrected chi connectivity index (χ4v) is 1.30. The molecule has 0 aromatic heterocycles. The molecule has 74 valence electrons. The molecule has 0 N–H and O–H groups in total. The first-order valence-corrected chi connectivity index (χ1v) is 4.49. The van der Waals surface area contributed by atoms with Crippen molar-refractivity contribution in [2.45, 2.75) is 26.4 Å². The number of amides is 1. The van der Waals surface area contributed by atoms with E-state index in [0.29, 0.717) is 13.0 Å². The molecule has 0 aliphatic carbocycles. The molecule has 4 heteroatoms. The number of halogens is 1. The van der Waals surface area contributed by atoms with Crippen LogP contribution in [0.3, 0.4) is 0 Å². The van der Waals surface area contributed by atoms with Crippen molar-refractivity contribution in [1.29, 1.82) is 0 Å². The molecule has 1 aliphatic heterocycles. The number of carbonyl (C=O) groups excluding carboxylic acids is 2. The molecule has 1 aliphatic rings. The SMILES string of the molecule is CC(C)C(=O)C(=O)N1CC[C@H](F)C1. The van der Waals surface area contributed by atoms with E-state index in [1.807, 2.05) is 0 Å². The summed E-state index contributed by atoms with van der Waals surface area (Å²) in [5, 5.41) is 0. The van der Waals surface area contributed by atoms with E-state index in [1.165, 1.54) is 4.90 Å². The molecular weight excluding hydrogens is 173 g/mol. The summed E-state index contributed by atoms with van der Waals surface area (Å²) in [6.45, 7) is 3.79. The van der Waals surface area contributed by atoms with E-state index in [2.05, 4.69) is 0 Å². The number of hydrogen-bond acceptors (Lipinski definition) is 2. The minimum Gasteiger partial charge on any atom is -0.333 e. The fraction of sp³-hybridized carbons (Fsp3) is 0.778. The van der Waals surface area contributed by atoms with Crippen molar-refractivity contribution >= 4 is 11.7 Å². The lowest BCUT2D eigenvalue weighted by atomic mass is 10.1. The van der Waals surface area contributed by atoms with Gasteiger partial charge < -0.3 is 4.90 Å². The summed E-state index contributed by atoms with van der Waals surface area (Å²) in [6, 6.07) is 0. The number of nitrogens with zero attached hydrogens (tertiary/aromatic N) is 1. The molecule has 1 fully saturated rings. The average molecular weight is 187 g/mol. The van der Waals surface area contributed by atoms with Gasteiger partial charge in [0.25, 0.3) is 5.91 Å². The van der Waals surface area contributed by atoms with Gasteiger partial charge >= 0.3 is 0 Å². The first kappa shape index (κ1) is 10.2. The Morgan fingerprint density at radius 2 is 2.08 bits per heavy atom. The zero-order chi connectivity index (χ0) is 10.0. The average Bonchev–Trinajstić information content (AvgIpc) is 2.49. The quantitative estimate of drug-likeness (QED) is 0.599. The second-order valence-electron chi connectivity index (χ2n) is 3.66. The molecule has 1 atom stereocenters. The Kier molecular flexibility index (Phi) is 3.01. The molecule has 1 amide bonds. The highest BCUT2D eigenvalue weighted by Crippen LogP contribution is 2.13. The van der Waals surface area contributed by atoms with Crippen LogP contribution in [0.25, 0.3) is 0 Å². The predicted molar refractivity (Wildman–Crippen MR) is 45.9 cm³/mol. The molecule has 0 radical (unpaired) electrons. The maximum absolute atomic E-state index is 12.7. The number of rotatable bonds is 2. The maximum atomic E-state index is 12.7. The molecule has 0 bridgehead atoms. The first-order chi connectivity index (χ1) is 6.02. The van der Waals surface area contributed by atoms with Crippen molar-refractivity contribution in [1.82, 2.24) is 4.90 Å². The van der Waals surface area contributed by atoms with Gasteiger partial charge in [-0.05, 0) is 6.42 Å². The Morgan fingerprint density at radius 3 is 2.46 bits per heavy atom. The van der Waals surface area contributed by atoms with Crippen LogP contribution < -0.4 is 0 Å². The summed E-state index contributed by atoms with van der Waals surface area (Å²) in [5.74, 6) is -1.25. The normalized spacial score (nSPS) is 22.5. The van der Waals surface area contributed by atoms with Crippen LogP contribution in [0.15, 0.2) is 0 Å². The molecule has 0 saturated carbocycles. The lowest BCUT2D eigenvalue weighted by molar-refractivity contribution is -0.145. The summed E-state index contributed by atoms with van der Waals surface area (Å²) in [5.41, 5.74) is 0. The number of Topliss-reactive ketones (excluding diaryl/α,β-unsaturated/α-hetero) is 1. The molecule has 1 rings (SSSR count). The highest BCUT2D eigenvalue weighted by Gasteiger charge is 2.30. The minimum atomic E-state index is -0.955. The largest absolute Gasteiger partial charge is 0.333 e. The predicted octanol–water partition coefficient (Wildman–Crippen LogP) is 0.782. The van der Waals surface area contributed by atoms with Crippen molar-refractivity contribution < 1.29 is 14.0 Å². The number of alkyl halides is 1. The van der Waals surface area contributed by atoms with Crippen LogP contribution in [0, 0.1) is 5.92 Å². The molecule has 0 unspecified atom stereocenters. The van der Waals surface area contributed by atoms with E-state index in [9.17, 15) is 14.0 Å². The number of likely N-dealkylation sites (tertiary alicyclic amines) is 1. The van der Waals surface area contributed by atoms with Gasteiger partial charge in [0.1, 0.15) is 6.17 Å². The second kappa shape index (κ2) is 3.85. The lowest BCUT2D eigenvalue weighted by Gasteiger charge is -2.14. The van der Waals surface area contributed by atoms with Gasteiger partial charge in [0.05, 0.1) is 6.54 Å². The van der Waals surface area contributed by atoms with E-state index in [1.54, 1.807) is 13.8 Å².